The highest BCUT2D eigenvalue weighted by atomic mass is 32.2. The molecule has 7 heteroatoms. The Morgan fingerprint density at radius 3 is 2.61 bits per heavy atom. The van der Waals surface area contributed by atoms with E-state index >= 15 is 0 Å². The van der Waals surface area contributed by atoms with Gasteiger partial charge in [0.25, 0.3) is 5.91 Å². The molecular weight excluding hydrogens is 314 g/mol. The van der Waals surface area contributed by atoms with Crippen molar-refractivity contribution < 1.29 is 13.2 Å². The Balaban J connectivity index is 1.74. The van der Waals surface area contributed by atoms with Crippen LogP contribution in [0.5, 0.6) is 0 Å². The summed E-state index contributed by atoms with van der Waals surface area (Å²) >= 11 is 0. The van der Waals surface area contributed by atoms with Crippen LogP contribution in [0.1, 0.15) is 36.7 Å². The summed E-state index contributed by atoms with van der Waals surface area (Å²) in [6.07, 6.45) is 4.47. The van der Waals surface area contributed by atoms with Gasteiger partial charge >= 0.3 is 0 Å². The zero-order chi connectivity index (χ0) is 16.4. The van der Waals surface area contributed by atoms with Crippen LogP contribution < -0.4 is 4.90 Å². The van der Waals surface area contributed by atoms with Crippen LogP contribution in [0, 0.1) is 0 Å². The second-order valence-corrected chi connectivity index (χ2v) is 8.47. The van der Waals surface area contributed by atoms with E-state index in [2.05, 4.69) is 9.88 Å². The third kappa shape index (κ3) is 3.49. The summed E-state index contributed by atoms with van der Waals surface area (Å²) in [4.78, 5) is 20.5. The van der Waals surface area contributed by atoms with Crippen LogP contribution in [0.3, 0.4) is 0 Å². The van der Waals surface area contributed by atoms with Gasteiger partial charge in [-0.1, -0.05) is 0 Å². The molecule has 2 aliphatic heterocycles. The minimum absolute atomic E-state index is 0.00642. The first-order chi connectivity index (χ1) is 11.0. The van der Waals surface area contributed by atoms with E-state index in [-0.39, 0.29) is 23.5 Å². The molecule has 23 heavy (non-hydrogen) atoms. The molecule has 2 aliphatic rings. The molecule has 0 aliphatic carbocycles. The van der Waals surface area contributed by atoms with Crippen molar-refractivity contribution in [2.75, 3.05) is 36.0 Å². The summed E-state index contributed by atoms with van der Waals surface area (Å²) in [6.45, 7) is 4.35. The summed E-state index contributed by atoms with van der Waals surface area (Å²) in [7, 11) is -2.91. The van der Waals surface area contributed by atoms with Crippen molar-refractivity contribution in [2.24, 2.45) is 0 Å². The standard InChI is InChI=1S/C16H23N3O3S/c1-2-19(14-7-10-23(21,22)12-14)13-5-6-15(17-11-13)16(20)18-8-3-4-9-18/h5-6,11,14H,2-4,7-10,12H2,1H3. The number of likely N-dealkylation sites (tertiary alicyclic amines) is 1. The maximum Gasteiger partial charge on any atom is 0.272 e. The SMILES string of the molecule is CCN(c1ccc(C(=O)N2CCCC2)nc1)C1CCS(=O)(=O)C1. The minimum Gasteiger partial charge on any atom is -0.367 e. The maximum absolute atomic E-state index is 12.3. The van der Waals surface area contributed by atoms with Crippen LogP contribution in [-0.2, 0) is 9.84 Å². The lowest BCUT2D eigenvalue weighted by Crippen LogP contribution is -2.36. The highest BCUT2D eigenvalue weighted by Gasteiger charge is 2.32. The van der Waals surface area contributed by atoms with Crippen molar-refractivity contribution in [1.29, 1.82) is 0 Å². The fraction of sp³-hybridized carbons (Fsp3) is 0.625. The van der Waals surface area contributed by atoms with E-state index in [1.807, 2.05) is 17.9 Å². The van der Waals surface area contributed by atoms with E-state index in [1.54, 1.807) is 12.3 Å². The Bertz CT molecular complexity index is 666. The molecule has 0 aromatic carbocycles. The Morgan fingerprint density at radius 1 is 1.35 bits per heavy atom. The van der Waals surface area contributed by atoms with Gasteiger partial charge < -0.3 is 9.80 Å². The third-order valence-electron chi connectivity index (χ3n) is 4.68. The number of aromatic nitrogens is 1. The zero-order valence-electron chi connectivity index (χ0n) is 13.4. The van der Waals surface area contributed by atoms with Gasteiger partial charge in [-0.15, -0.1) is 0 Å². The van der Waals surface area contributed by atoms with Crippen molar-refractivity contribution >= 4 is 21.4 Å². The van der Waals surface area contributed by atoms with Crippen molar-refractivity contribution in [3.8, 4) is 0 Å². The largest absolute Gasteiger partial charge is 0.367 e. The molecule has 1 aromatic heterocycles. The Kier molecular flexibility index (Phi) is 4.57. The summed E-state index contributed by atoms with van der Waals surface area (Å²) in [5.74, 6) is 0.447. The van der Waals surface area contributed by atoms with Crippen LogP contribution in [0.4, 0.5) is 5.69 Å². The molecule has 0 bridgehead atoms. The number of hydrogen-bond donors (Lipinski definition) is 0. The first-order valence-electron chi connectivity index (χ1n) is 8.22. The number of carbonyl (C=O) groups excluding carboxylic acids is 1. The van der Waals surface area contributed by atoms with E-state index < -0.39 is 9.84 Å². The molecule has 0 N–H and O–H groups in total. The van der Waals surface area contributed by atoms with E-state index in [0.717, 1.165) is 38.2 Å². The van der Waals surface area contributed by atoms with E-state index in [0.29, 0.717) is 12.1 Å². The number of pyridine rings is 1. The van der Waals surface area contributed by atoms with Crippen molar-refractivity contribution in [3.63, 3.8) is 0 Å². The number of sulfone groups is 1. The molecule has 3 heterocycles. The smallest absolute Gasteiger partial charge is 0.272 e. The fourth-order valence-corrected chi connectivity index (χ4v) is 5.17. The quantitative estimate of drug-likeness (QED) is 0.829. The molecule has 1 amide bonds. The minimum atomic E-state index is -2.91. The van der Waals surface area contributed by atoms with Crippen molar-refractivity contribution in [3.05, 3.63) is 24.0 Å². The van der Waals surface area contributed by atoms with E-state index in [4.69, 9.17) is 0 Å². The Morgan fingerprint density at radius 2 is 2.09 bits per heavy atom. The molecule has 0 radical (unpaired) electrons. The number of amides is 1. The van der Waals surface area contributed by atoms with Gasteiger partial charge in [-0.05, 0) is 38.3 Å². The summed E-state index contributed by atoms with van der Waals surface area (Å²) < 4.78 is 23.4. The average Bonchev–Trinajstić information content (AvgIpc) is 3.18. The number of anilines is 1. The fourth-order valence-electron chi connectivity index (χ4n) is 3.44. The van der Waals surface area contributed by atoms with Gasteiger partial charge in [-0.25, -0.2) is 13.4 Å². The maximum atomic E-state index is 12.3. The second kappa shape index (κ2) is 6.47. The van der Waals surface area contributed by atoms with Gasteiger partial charge in [0, 0.05) is 25.7 Å². The Labute approximate surface area is 137 Å². The lowest BCUT2D eigenvalue weighted by atomic mass is 10.2. The molecule has 2 fully saturated rings. The normalized spacial score (nSPS) is 23.2. The molecule has 126 valence electrons. The van der Waals surface area contributed by atoms with E-state index in [1.165, 1.54) is 0 Å². The number of carbonyl (C=O) groups is 1. The molecular formula is C16H23N3O3S. The monoisotopic (exact) mass is 337 g/mol. The number of nitrogens with zero attached hydrogens (tertiary/aromatic N) is 3. The van der Waals surface area contributed by atoms with E-state index in [9.17, 15) is 13.2 Å². The van der Waals surface area contributed by atoms with Gasteiger partial charge in [0.15, 0.2) is 9.84 Å². The van der Waals surface area contributed by atoms with Crippen LogP contribution in [0.25, 0.3) is 0 Å². The lowest BCUT2D eigenvalue weighted by Gasteiger charge is -2.29. The molecule has 0 spiro atoms. The lowest BCUT2D eigenvalue weighted by molar-refractivity contribution is 0.0787. The average molecular weight is 337 g/mol. The number of hydrogen-bond acceptors (Lipinski definition) is 5. The zero-order valence-corrected chi connectivity index (χ0v) is 14.3. The topological polar surface area (TPSA) is 70.6 Å². The van der Waals surface area contributed by atoms with Crippen LogP contribution in [-0.4, -0.2) is 61.4 Å². The summed E-state index contributed by atoms with van der Waals surface area (Å²) in [5.41, 5.74) is 1.35. The molecule has 3 rings (SSSR count). The van der Waals surface area contributed by atoms with Gasteiger partial charge in [-0.2, -0.15) is 0 Å². The van der Waals surface area contributed by atoms with Gasteiger partial charge in [0.2, 0.25) is 0 Å². The predicted octanol–water partition coefficient (Wildman–Crippen LogP) is 1.33. The van der Waals surface area contributed by atoms with Gasteiger partial charge in [-0.3, -0.25) is 4.79 Å². The number of rotatable bonds is 4. The second-order valence-electron chi connectivity index (χ2n) is 6.24. The van der Waals surface area contributed by atoms with Crippen LogP contribution in [0.2, 0.25) is 0 Å². The highest BCUT2D eigenvalue weighted by molar-refractivity contribution is 7.91. The van der Waals surface area contributed by atoms with Crippen molar-refractivity contribution in [2.45, 2.75) is 32.2 Å². The molecule has 1 unspecified atom stereocenters. The third-order valence-corrected chi connectivity index (χ3v) is 6.43. The predicted molar refractivity (Wildman–Crippen MR) is 89.5 cm³/mol. The summed E-state index contributed by atoms with van der Waals surface area (Å²) in [6, 6.07) is 3.64. The molecule has 1 aromatic rings. The molecule has 0 saturated carbocycles. The highest BCUT2D eigenvalue weighted by Crippen LogP contribution is 2.24. The van der Waals surface area contributed by atoms with Crippen LogP contribution >= 0.6 is 0 Å². The Hall–Kier alpha value is -1.63. The van der Waals surface area contributed by atoms with Gasteiger partial charge in [0.05, 0.1) is 23.4 Å². The molecule has 6 nitrogen and oxygen atoms in total. The van der Waals surface area contributed by atoms with Crippen molar-refractivity contribution in [1.82, 2.24) is 9.88 Å². The molecule has 2 saturated heterocycles. The first kappa shape index (κ1) is 16.2. The summed E-state index contributed by atoms with van der Waals surface area (Å²) in [5, 5.41) is 0. The molecule has 1 atom stereocenters. The van der Waals surface area contributed by atoms with Gasteiger partial charge in [0.1, 0.15) is 5.69 Å². The first-order valence-corrected chi connectivity index (χ1v) is 10.0. The van der Waals surface area contributed by atoms with Crippen LogP contribution in [0.15, 0.2) is 18.3 Å².